The van der Waals surface area contributed by atoms with E-state index >= 15 is 0 Å². The van der Waals surface area contributed by atoms with Gasteiger partial charge in [0.2, 0.25) is 0 Å². The van der Waals surface area contributed by atoms with Gasteiger partial charge in [-0.1, -0.05) is 35.9 Å². The van der Waals surface area contributed by atoms with Crippen LogP contribution in [0.5, 0.6) is 11.5 Å². The number of benzene rings is 2. The first kappa shape index (κ1) is 15.4. The minimum absolute atomic E-state index is 0.681. The van der Waals surface area contributed by atoms with Crippen molar-refractivity contribution in [2.45, 2.75) is 0 Å². The molecule has 0 fully saturated rings. The van der Waals surface area contributed by atoms with E-state index in [-0.39, 0.29) is 0 Å². The Hall–Kier alpha value is -2.52. The highest BCUT2D eigenvalue weighted by Gasteiger charge is 2.06. The van der Waals surface area contributed by atoms with Crippen molar-refractivity contribution in [2.24, 2.45) is 0 Å². The van der Waals surface area contributed by atoms with Gasteiger partial charge in [0.15, 0.2) is 11.5 Å². The first-order valence-corrected chi connectivity index (χ1v) is 7.54. The molecule has 0 amide bonds. The van der Waals surface area contributed by atoms with Gasteiger partial charge in [0.25, 0.3) is 0 Å². The molecule has 4 heteroatoms. The lowest BCUT2D eigenvalue weighted by Gasteiger charge is -2.09. The van der Waals surface area contributed by atoms with Crippen LogP contribution in [0, 0.1) is 0 Å². The van der Waals surface area contributed by atoms with Gasteiger partial charge in [-0.25, -0.2) is 4.98 Å². The number of para-hydroxylation sites is 1. The number of methoxy groups -OCH3 is 2. The van der Waals surface area contributed by atoms with E-state index in [4.69, 9.17) is 21.1 Å². The van der Waals surface area contributed by atoms with E-state index in [1.54, 1.807) is 14.2 Å². The van der Waals surface area contributed by atoms with E-state index in [1.807, 2.05) is 60.7 Å². The first-order valence-electron chi connectivity index (χ1n) is 7.16. The van der Waals surface area contributed by atoms with Gasteiger partial charge in [-0.3, -0.25) is 0 Å². The molecule has 23 heavy (non-hydrogen) atoms. The van der Waals surface area contributed by atoms with E-state index in [1.165, 1.54) is 0 Å². The van der Waals surface area contributed by atoms with Crippen molar-refractivity contribution < 1.29 is 9.47 Å². The largest absolute Gasteiger partial charge is 0.493 e. The van der Waals surface area contributed by atoms with Crippen LogP contribution in [0.15, 0.2) is 48.5 Å². The van der Waals surface area contributed by atoms with Crippen LogP contribution < -0.4 is 9.47 Å². The zero-order valence-corrected chi connectivity index (χ0v) is 13.7. The Bertz CT molecular complexity index is 874. The number of fused-ring (bicyclic) bond motifs is 1. The molecule has 3 rings (SSSR count). The Morgan fingerprint density at radius 3 is 2.57 bits per heavy atom. The van der Waals surface area contributed by atoms with Gasteiger partial charge in [-0.2, -0.15) is 0 Å². The number of ether oxygens (including phenoxy) is 2. The van der Waals surface area contributed by atoms with E-state index in [0.717, 1.165) is 22.2 Å². The van der Waals surface area contributed by atoms with Gasteiger partial charge in [-0.05, 0) is 36.4 Å². The maximum Gasteiger partial charge on any atom is 0.167 e. The highest BCUT2D eigenvalue weighted by atomic mass is 35.5. The van der Waals surface area contributed by atoms with Crippen molar-refractivity contribution in [3.63, 3.8) is 0 Å². The normalized spacial score (nSPS) is 11.1. The molecule has 1 aromatic heterocycles. The second-order valence-corrected chi connectivity index (χ2v) is 5.43. The summed E-state index contributed by atoms with van der Waals surface area (Å²) in [5.74, 6) is 1.41. The Balaban J connectivity index is 1.97. The third-order valence-electron chi connectivity index (χ3n) is 3.54. The van der Waals surface area contributed by atoms with Crippen LogP contribution in [-0.2, 0) is 0 Å². The molecule has 0 saturated heterocycles. The fourth-order valence-electron chi connectivity index (χ4n) is 2.42. The van der Waals surface area contributed by atoms with Crippen molar-refractivity contribution in [1.82, 2.24) is 4.98 Å². The van der Waals surface area contributed by atoms with E-state index in [9.17, 15) is 0 Å². The lowest BCUT2D eigenvalue weighted by Crippen LogP contribution is -1.92. The van der Waals surface area contributed by atoms with Gasteiger partial charge >= 0.3 is 0 Å². The summed E-state index contributed by atoms with van der Waals surface area (Å²) in [4.78, 5) is 4.61. The SMILES string of the molecule is COc1cccc(/C=C/c2ccc3ccc(Cl)cc3n2)c1OC. The summed E-state index contributed by atoms with van der Waals surface area (Å²) < 4.78 is 10.7. The molecule has 0 aliphatic heterocycles. The summed E-state index contributed by atoms with van der Waals surface area (Å²) >= 11 is 6.03. The molecule has 0 N–H and O–H groups in total. The van der Waals surface area contributed by atoms with Crippen LogP contribution in [0.3, 0.4) is 0 Å². The number of hydrogen-bond donors (Lipinski definition) is 0. The summed E-state index contributed by atoms with van der Waals surface area (Å²) in [5.41, 5.74) is 2.65. The predicted molar refractivity (Wildman–Crippen MR) is 95.2 cm³/mol. The quantitative estimate of drug-likeness (QED) is 0.670. The average molecular weight is 326 g/mol. The predicted octanol–water partition coefficient (Wildman–Crippen LogP) is 5.08. The second kappa shape index (κ2) is 6.71. The average Bonchev–Trinajstić information content (AvgIpc) is 2.58. The minimum atomic E-state index is 0.681. The molecule has 3 aromatic rings. The lowest BCUT2D eigenvalue weighted by molar-refractivity contribution is 0.354. The fraction of sp³-hybridized carbons (Fsp3) is 0.105. The van der Waals surface area contributed by atoms with E-state index in [0.29, 0.717) is 16.5 Å². The Morgan fingerprint density at radius 1 is 0.957 bits per heavy atom. The topological polar surface area (TPSA) is 31.4 Å². The number of halogens is 1. The zero-order valence-electron chi connectivity index (χ0n) is 12.9. The van der Waals surface area contributed by atoms with Crippen LogP contribution in [0.4, 0.5) is 0 Å². The zero-order chi connectivity index (χ0) is 16.2. The molecule has 0 aliphatic rings. The standard InChI is InChI=1S/C19H16ClNO2/c1-22-18-5-3-4-14(19(18)23-2)8-11-16-10-7-13-6-9-15(20)12-17(13)21-16/h3-12H,1-2H3/b11-8+. The van der Waals surface area contributed by atoms with Crippen LogP contribution in [0.25, 0.3) is 23.1 Å². The summed E-state index contributed by atoms with van der Waals surface area (Å²) in [5, 5.41) is 1.74. The Morgan fingerprint density at radius 2 is 1.78 bits per heavy atom. The molecule has 0 aliphatic carbocycles. The summed E-state index contributed by atoms with van der Waals surface area (Å²) in [6, 6.07) is 15.4. The highest BCUT2D eigenvalue weighted by Crippen LogP contribution is 2.31. The second-order valence-electron chi connectivity index (χ2n) is 4.99. The molecule has 0 unspecified atom stereocenters. The molecular weight excluding hydrogens is 310 g/mol. The van der Waals surface area contributed by atoms with Crippen LogP contribution in [0.2, 0.25) is 5.02 Å². The molecule has 2 aromatic carbocycles. The van der Waals surface area contributed by atoms with E-state index < -0.39 is 0 Å². The minimum Gasteiger partial charge on any atom is -0.493 e. The fourth-order valence-corrected chi connectivity index (χ4v) is 2.58. The molecule has 1 heterocycles. The lowest BCUT2D eigenvalue weighted by atomic mass is 10.1. The summed E-state index contributed by atoms with van der Waals surface area (Å²) in [6.45, 7) is 0. The Kier molecular flexibility index (Phi) is 4.49. The molecule has 0 radical (unpaired) electrons. The first-order chi connectivity index (χ1) is 11.2. The van der Waals surface area contributed by atoms with Crippen molar-refractivity contribution in [3.8, 4) is 11.5 Å². The third kappa shape index (κ3) is 3.30. The number of hydrogen-bond acceptors (Lipinski definition) is 3. The molecule has 0 bridgehead atoms. The van der Waals surface area contributed by atoms with Crippen molar-refractivity contribution in [3.05, 3.63) is 64.8 Å². The maximum atomic E-state index is 6.03. The van der Waals surface area contributed by atoms with Gasteiger partial charge in [0, 0.05) is 16.0 Å². The number of rotatable bonds is 4. The summed E-state index contributed by atoms with van der Waals surface area (Å²) in [7, 11) is 3.26. The van der Waals surface area contributed by atoms with E-state index in [2.05, 4.69) is 4.98 Å². The van der Waals surface area contributed by atoms with Crippen LogP contribution in [0.1, 0.15) is 11.3 Å². The molecule has 0 saturated carbocycles. The van der Waals surface area contributed by atoms with Crippen LogP contribution >= 0.6 is 11.6 Å². The molecule has 0 atom stereocenters. The van der Waals surface area contributed by atoms with Crippen molar-refractivity contribution in [2.75, 3.05) is 14.2 Å². The number of pyridine rings is 1. The molecule has 3 nitrogen and oxygen atoms in total. The van der Waals surface area contributed by atoms with Gasteiger partial charge in [-0.15, -0.1) is 0 Å². The molecular formula is C19H16ClNO2. The van der Waals surface area contributed by atoms with Crippen LogP contribution in [-0.4, -0.2) is 19.2 Å². The highest BCUT2D eigenvalue weighted by molar-refractivity contribution is 6.31. The van der Waals surface area contributed by atoms with Gasteiger partial charge < -0.3 is 9.47 Å². The van der Waals surface area contributed by atoms with Gasteiger partial charge in [0.1, 0.15) is 0 Å². The monoisotopic (exact) mass is 325 g/mol. The maximum absolute atomic E-state index is 6.03. The molecule has 0 spiro atoms. The molecule has 116 valence electrons. The smallest absolute Gasteiger partial charge is 0.167 e. The van der Waals surface area contributed by atoms with Crippen molar-refractivity contribution >= 4 is 34.7 Å². The number of nitrogens with zero attached hydrogens (tertiary/aromatic N) is 1. The van der Waals surface area contributed by atoms with Crippen molar-refractivity contribution in [1.29, 1.82) is 0 Å². The number of aromatic nitrogens is 1. The Labute approximate surface area is 140 Å². The van der Waals surface area contributed by atoms with Gasteiger partial charge in [0.05, 0.1) is 25.4 Å². The summed E-state index contributed by atoms with van der Waals surface area (Å²) in [6.07, 6.45) is 3.90. The third-order valence-corrected chi connectivity index (χ3v) is 3.78.